The SMILES string of the molecule is O=C1N[C@]2(Nc3ccccc31)C(=O)Nc1c(Cl)ccc(Cl)c12. The van der Waals surface area contributed by atoms with Crippen LogP contribution in [0, 0.1) is 0 Å². The molecule has 5 nitrogen and oxygen atoms in total. The summed E-state index contributed by atoms with van der Waals surface area (Å²) in [5, 5.41) is 9.19. The van der Waals surface area contributed by atoms with Gasteiger partial charge in [0.1, 0.15) is 0 Å². The molecule has 2 heterocycles. The van der Waals surface area contributed by atoms with Gasteiger partial charge in [0.15, 0.2) is 0 Å². The van der Waals surface area contributed by atoms with Crippen LogP contribution in [0.5, 0.6) is 0 Å². The highest BCUT2D eigenvalue weighted by Crippen LogP contribution is 2.46. The van der Waals surface area contributed by atoms with Crippen molar-refractivity contribution in [2.75, 3.05) is 10.6 Å². The fourth-order valence-electron chi connectivity index (χ4n) is 2.86. The first kappa shape index (κ1) is 13.4. The van der Waals surface area contributed by atoms with E-state index < -0.39 is 11.6 Å². The molecule has 2 amide bonds. The number of hydrogen-bond acceptors (Lipinski definition) is 3. The zero-order valence-corrected chi connectivity index (χ0v) is 12.5. The second-order valence-electron chi connectivity index (χ2n) is 5.11. The predicted octanol–water partition coefficient (Wildman–Crippen LogP) is 2.95. The van der Waals surface area contributed by atoms with Gasteiger partial charge in [0.2, 0.25) is 5.66 Å². The Hall–Kier alpha value is -2.24. The van der Waals surface area contributed by atoms with Crippen LogP contribution in [0.15, 0.2) is 36.4 Å². The van der Waals surface area contributed by atoms with Crippen LogP contribution in [0.4, 0.5) is 11.4 Å². The minimum absolute atomic E-state index is 0.338. The first-order chi connectivity index (χ1) is 10.5. The molecule has 2 aliphatic rings. The largest absolute Gasteiger partial charge is 0.350 e. The minimum Gasteiger partial charge on any atom is -0.350 e. The Labute approximate surface area is 135 Å². The highest BCUT2D eigenvalue weighted by molar-refractivity contribution is 6.38. The van der Waals surface area contributed by atoms with Crippen molar-refractivity contribution in [2.45, 2.75) is 5.66 Å². The zero-order chi connectivity index (χ0) is 15.5. The summed E-state index contributed by atoms with van der Waals surface area (Å²) in [6.07, 6.45) is 0. The number of fused-ring (bicyclic) bond motifs is 3. The average Bonchev–Trinajstić information content (AvgIpc) is 2.77. The van der Waals surface area contributed by atoms with Gasteiger partial charge in [0.25, 0.3) is 11.8 Å². The van der Waals surface area contributed by atoms with Gasteiger partial charge < -0.3 is 16.0 Å². The minimum atomic E-state index is -1.46. The van der Waals surface area contributed by atoms with Gasteiger partial charge in [-0.1, -0.05) is 35.3 Å². The summed E-state index contributed by atoms with van der Waals surface area (Å²) in [6.45, 7) is 0. The van der Waals surface area contributed by atoms with E-state index in [1.807, 2.05) is 0 Å². The van der Waals surface area contributed by atoms with Gasteiger partial charge in [-0.25, -0.2) is 0 Å². The van der Waals surface area contributed by atoms with E-state index in [4.69, 9.17) is 23.2 Å². The molecule has 1 atom stereocenters. The van der Waals surface area contributed by atoms with Crippen LogP contribution in [0.25, 0.3) is 0 Å². The molecule has 0 bridgehead atoms. The first-order valence-electron chi connectivity index (χ1n) is 6.52. The standard InChI is InChI=1S/C15H9Cl2N3O2/c16-8-5-6-9(17)12-11(8)15(14(22)18-12)19-10-4-2-1-3-7(10)13(21)20-15/h1-6,19H,(H,18,22)(H,20,21)/t15-/m0/s1. The highest BCUT2D eigenvalue weighted by atomic mass is 35.5. The number of amides is 2. The molecule has 0 radical (unpaired) electrons. The van der Waals surface area contributed by atoms with Crippen molar-refractivity contribution >= 4 is 46.4 Å². The Morgan fingerprint density at radius 1 is 0.909 bits per heavy atom. The summed E-state index contributed by atoms with van der Waals surface area (Å²) in [5.41, 5.74) is 0.404. The van der Waals surface area contributed by atoms with Crippen LogP contribution in [0.3, 0.4) is 0 Å². The Bertz CT molecular complexity index is 853. The molecular formula is C15H9Cl2N3O2. The van der Waals surface area contributed by atoms with Crippen LogP contribution in [0.2, 0.25) is 10.0 Å². The molecular weight excluding hydrogens is 325 g/mol. The Kier molecular flexibility index (Phi) is 2.67. The summed E-state index contributed by atoms with van der Waals surface area (Å²) >= 11 is 12.4. The number of rotatable bonds is 0. The van der Waals surface area contributed by atoms with Crippen LogP contribution < -0.4 is 16.0 Å². The van der Waals surface area contributed by atoms with E-state index in [0.29, 0.717) is 32.5 Å². The fourth-order valence-corrected chi connectivity index (χ4v) is 3.36. The van der Waals surface area contributed by atoms with E-state index in [0.717, 1.165) is 0 Å². The molecule has 1 spiro atoms. The molecule has 0 unspecified atom stereocenters. The van der Waals surface area contributed by atoms with Crippen molar-refractivity contribution in [3.8, 4) is 0 Å². The van der Waals surface area contributed by atoms with Crippen molar-refractivity contribution in [2.24, 2.45) is 0 Å². The number of para-hydroxylation sites is 1. The second-order valence-corrected chi connectivity index (χ2v) is 5.92. The van der Waals surface area contributed by atoms with Gasteiger partial charge in [-0.05, 0) is 24.3 Å². The molecule has 2 aromatic rings. The Morgan fingerprint density at radius 2 is 1.64 bits per heavy atom. The molecule has 0 aliphatic carbocycles. The van der Waals surface area contributed by atoms with Gasteiger partial charge >= 0.3 is 0 Å². The maximum Gasteiger partial charge on any atom is 0.276 e. The van der Waals surface area contributed by atoms with Gasteiger partial charge in [0.05, 0.1) is 26.9 Å². The van der Waals surface area contributed by atoms with E-state index in [1.165, 1.54) is 0 Å². The van der Waals surface area contributed by atoms with Gasteiger partial charge in [-0.15, -0.1) is 0 Å². The number of carbonyl (C=O) groups is 2. The monoisotopic (exact) mass is 333 g/mol. The third-order valence-electron chi connectivity index (χ3n) is 3.85. The lowest BCUT2D eigenvalue weighted by Crippen LogP contribution is -2.59. The maximum atomic E-state index is 12.6. The summed E-state index contributed by atoms with van der Waals surface area (Å²) in [6, 6.07) is 10.1. The molecule has 3 N–H and O–H groups in total. The average molecular weight is 334 g/mol. The third kappa shape index (κ3) is 1.60. The number of benzene rings is 2. The normalized spacial score (nSPS) is 21.7. The van der Waals surface area contributed by atoms with Gasteiger partial charge in [-0.2, -0.15) is 0 Å². The van der Waals surface area contributed by atoms with Crippen molar-refractivity contribution in [1.82, 2.24) is 5.32 Å². The lowest BCUT2D eigenvalue weighted by Gasteiger charge is -2.35. The number of hydrogen-bond donors (Lipinski definition) is 3. The Balaban J connectivity index is 1.97. The Morgan fingerprint density at radius 3 is 2.45 bits per heavy atom. The predicted molar refractivity (Wildman–Crippen MR) is 84.3 cm³/mol. The van der Waals surface area contributed by atoms with Crippen molar-refractivity contribution in [3.05, 3.63) is 57.6 Å². The van der Waals surface area contributed by atoms with Crippen molar-refractivity contribution < 1.29 is 9.59 Å². The zero-order valence-electron chi connectivity index (χ0n) is 11.0. The highest BCUT2D eigenvalue weighted by Gasteiger charge is 2.53. The number of nitrogens with one attached hydrogen (secondary N) is 3. The molecule has 22 heavy (non-hydrogen) atoms. The third-order valence-corrected chi connectivity index (χ3v) is 4.48. The molecule has 110 valence electrons. The lowest BCUT2D eigenvalue weighted by molar-refractivity contribution is -0.120. The smallest absolute Gasteiger partial charge is 0.276 e. The summed E-state index contributed by atoms with van der Waals surface area (Å²) in [7, 11) is 0. The van der Waals surface area contributed by atoms with Crippen molar-refractivity contribution in [1.29, 1.82) is 0 Å². The molecule has 0 saturated carbocycles. The number of carbonyl (C=O) groups excluding carboxylic acids is 2. The topological polar surface area (TPSA) is 70.2 Å². The van der Waals surface area contributed by atoms with E-state index in [-0.39, 0.29) is 5.91 Å². The molecule has 2 aliphatic heterocycles. The first-order valence-corrected chi connectivity index (χ1v) is 7.28. The van der Waals surface area contributed by atoms with Crippen LogP contribution in [0.1, 0.15) is 15.9 Å². The molecule has 0 fully saturated rings. The van der Waals surface area contributed by atoms with E-state index in [1.54, 1.807) is 36.4 Å². The van der Waals surface area contributed by atoms with Gasteiger partial charge in [-0.3, -0.25) is 9.59 Å². The van der Waals surface area contributed by atoms with E-state index in [9.17, 15) is 9.59 Å². The molecule has 0 saturated heterocycles. The lowest BCUT2D eigenvalue weighted by atomic mass is 9.95. The molecule has 0 aromatic heterocycles. The van der Waals surface area contributed by atoms with E-state index in [2.05, 4.69) is 16.0 Å². The van der Waals surface area contributed by atoms with Gasteiger partial charge in [0, 0.05) is 5.69 Å². The number of halogens is 2. The summed E-state index contributed by atoms with van der Waals surface area (Å²) in [4.78, 5) is 25.0. The van der Waals surface area contributed by atoms with Crippen LogP contribution in [-0.4, -0.2) is 11.8 Å². The summed E-state index contributed by atoms with van der Waals surface area (Å²) < 4.78 is 0. The quantitative estimate of drug-likeness (QED) is 0.694. The van der Waals surface area contributed by atoms with Crippen LogP contribution in [-0.2, 0) is 10.5 Å². The van der Waals surface area contributed by atoms with E-state index >= 15 is 0 Å². The second kappa shape index (κ2) is 4.38. The van der Waals surface area contributed by atoms with Crippen molar-refractivity contribution in [3.63, 3.8) is 0 Å². The number of anilines is 2. The molecule has 4 rings (SSSR count). The van der Waals surface area contributed by atoms with Crippen LogP contribution >= 0.6 is 23.2 Å². The maximum absolute atomic E-state index is 12.6. The molecule has 7 heteroatoms. The summed E-state index contributed by atoms with van der Waals surface area (Å²) in [5.74, 6) is -0.784. The fraction of sp³-hybridized carbons (Fsp3) is 0.0667. The molecule has 2 aromatic carbocycles.